The quantitative estimate of drug-likeness (QED) is 0.640. The summed E-state index contributed by atoms with van der Waals surface area (Å²) >= 11 is 0. The summed E-state index contributed by atoms with van der Waals surface area (Å²) in [5.41, 5.74) is 1.40. The van der Waals surface area contributed by atoms with Crippen molar-refractivity contribution in [3.05, 3.63) is 39.9 Å². The molecule has 1 saturated heterocycles. The first-order valence-electron chi connectivity index (χ1n) is 5.22. The SMILES string of the molecule is Cl.O=[N+]([O-])c1ccc(C2CCNCC2)cc1. The Labute approximate surface area is 101 Å². The van der Waals surface area contributed by atoms with E-state index in [9.17, 15) is 10.1 Å². The van der Waals surface area contributed by atoms with Crippen LogP contribution in [-0.2, 0) is 0 Å². The van der Waals surface area contributed by atoms with Crippen LogP contribution in [0, 0.1) is 10.1 Å². The van der Waals surface area contributed by atoms with Gasteiger partial charge in [-0.1, -0.05) is 12.1 Å². The van der Waals surface area contributed by atoms with Crippen molar-refractivity contribution in [1.29, 1.82) is 0 Å². The highest BCUT2D eigenvalue weighted by molar-refractivity contribution is 5.85. The zero-order valence-electron chi connectivity index (χ0n) is 8.89. The Kier molecular flexibility index (Phi) is 4.71. The lowest BCUT2D eigenvalue weighted by molar-refractivity contribution is -0.384. The lowest BCUT2D eigenvalue weighted by Crippen LogP contribution is -2.26. The first-order chi connectivity index (χ1) is 7.27. The third-order valence-corrected chi connectivity index (χ3v) is 2.91. The van der Waals surface area contributed by atoms with Crippen LogP contribution in [-0.4, -0.2) is 18.0 Å². The average molecular weight is 243 g/mol. The molecule has 0 atom stereocenters. The van der Waals surface area contributed by atoms with Gasteiger partial charge in [-0.25, -0.2) is 0 Å². The van der Waals surface area contributed by atoms with Gasteiger partial charge in [0.1, 0.15) is 0 Å². The smallest absolute Gasteiger partial charge is 0.269 e. The third-order valence-electron chi connectivity index (χ3n) is 2.91. The zero-order valence-corrected chi connectivity index (χ0v) is 9.70. The number of hydrogen-bond donors (Lipinski definition) is 1. The van der Waals surface area contributed by atoms with Crippen molar-refractivity contribution in [1.82, 2.24) is 5.32 Å². The summed E-state index contributed by atoms with van der Waals surface area (Å²) in [6.07, 6.45) is 2.25. The molecule has 4 nitrogen and oxygen atoms in total. The molecule has 5 heteroatoms. The van der Waals surface area contributed by atoms with E-state index in [1.807, 2.05) is 12.1 Å². The minimum atomic E-state index is -0.355. The molecular formula is C11H15ClN2O2. The predicted octanol–water partition coefficient (Wildman–Crippen LogP) is 2.48. The normalized spacial score (nSPS) is 16.5. The van der Waals surface area contributed by atoms with Gasteiger partial charge in [-0.3, -0.25) is 10.1 Å². The molecule has 0 amide bonds. The average Bonchev–Trinajstić information content (AvgIpc) is 2.30. The Bertz CT molecular complexity index is 348. The largest absolute Gasteiger partial charge is 0.317 e. The maximum Gasteiger partial charge on any atom is 0.269 e. The van der Waals surface area contributed by atoms with E-state index in [-0.39, 0.29) is 23.0 Å². The maximum absolute atomic E-state index is 10.5. The van der Waals surface area contributed by atoms with E-state index in [4.69, 9.17) is 0 Å². The summed E-state index contributed by atoms with van der Waals surface area (Å²) in [4.78, 5) is 10.1. The number of benzene rings is 1. The van der Waals surface area contributed by atoms with Gasteiger partial charge in [0.15, 0.2) is 0 Å². The molecule has 1 N–H and O–H groups in total. The van der Waals surface area contributed by atoms with Crippen LogP contribution in [0.4, 0.5) is 5.69 Å². The summed E-state index contributed by atoms with van der Waals surface area (Å²) in [7, 11) is 0. The first kappa shape index (κ1) is 12.9. The van der Waals surface area contributed by atoms with Crippen LogP contribution in [0.5, 0.6) is 0 Å². The Morgan fingerprint density at radius 2 is 1.75 bits per heavy atom. The van der Waals surface area contributed by atoms with Gasteiger partial charge < -0.3 is 5.32 Å². The highest BCUT2D eigenvalue weighted by Gasteiger charge is 2.15. The zero-order chi connectivity index (χ0) is 10.7. The van der Waals surface area contributed by atoms with E-state index in [2.05, 4.69) is 5.32 Å². The molecule has 0 unspecified atom stereocenters. The molecule has 2 rings (SSSR count). The topological polar surface area (TPSA) is 55.2 Å². The highest BCUT2D eigenvalue weighted by Crippen LogP contribution is 2.26. The van der Waals surface area contributed by atoms with E-state index in [1.54, 1.807) is 12.1 Å². The monoisotopic (exact) mass is 242 g/mol. The summed E-state index contributed by atoms with van der Waals surface area (Å²) in [6.45, 7) is 2.09. The fourth-order valence-corrected chi connectivity index (χ4v) is 2.02. The van der Waals surface area contributed by atoms with Gasteiger partial charge in [-0.05, 0) is 37.4 Å². The Hall–Kier alpha value is -1.13. The molecule has 88 valence electrons. The Morgan fingerprint density at radius 1 is 1.19 bits per heavy atom. The number of nitro benzene ring substituents is 1. The van der Waals surface area contributed by atoms with Crippen molar-refractivity contribution in [2.24, 2.45) is 0 Å². The standard InChI is InChI=1S/C11H14N2O2.ClH/c14-13(15)11-3-1-9(2-4-11)10-5-7-12-8-6-10;/h1-4,10,12H,5-8H2;1H. The minimum absolute atomic E-state index is 0. The Morgan fingerprint density at radius 3 is 2.25 bits per heavy atom. The van der Waals surface area contributed by atoms with Gasteiger partial charge in [0.25, 0.3) is 5.69 Å². The number of rotatable bonds is 2. The van der Waals surface area contributed by atoms with Gasteiger partial charge >= 0.3 is 0 Å². The van der Waals surface area contributed by atoms with Gasteiger partial charge in [-0.15, -0.1) is 12.4 Å². The summed E-state index contributed by atoms with van der Waals surface area (Å²) in [5.74, 6) is 0.562. The van der Waals surface area contributed by atoms with Crippen LogP contribution in [0.2, 0.25) is 0 Å². The third kappa shape index (κ3) is 2.93. The lowest BCUT2D eigenvalue weighted by atomic mass is 9.90. The van der Waals surface area contributed by atoms with Crippen molar-refractivity contribution < 1.29 is 4.92 Å². The van der Waals surface area contributed by atoms with Crippen molar-refractivity contribution in [3.63, 3.8) is 0 Å². The number of nitro groups is 1. The second-order valence-corrected chi connectivity index (χ2v) is 3.87. The second kappa shape index (κ2) is 5.82. The fraction of sp³-hybridized carbons (Fsp3) is 0.455. The predicted molar refractivity (Wildman–Crippen MR) is 65.2 cm³/mol. The molecule has 0 bridgehead atoms. The van der Waals surface area contributed by atoms with Gasteiger partial charge in [0, 0.05) is 12.1 Å². The van der Waals surface area contributed by atoms with Crippen molar-refractivity contribution in [3.8, 4) is 0 Å². The van der Waals surface area contributed by atoms with Crippen LogP contribution in [0.25, 0.3) is 0 Å². The summed E-state index contributed by atoms with van der Waals surface area (Å²) in [5, 5.41) is 13.8. The molecule has 0 radical (unpaired) electrons. The lowest BCUT2D eigenvalue weighted by Gasteiger charge is -2.22. The van der Waals surface area contributed by atoms with Crippen LogP contribution in [0.1, 0.15) is 24.3 Å². The molecule has 0 aliphatic carbocycles. The van der Waals surface area contributed by atoms with Crippen LogP contribution < -0.4 is 5.32 Å². The van der Waals surface area contributed by atoms with Gasteiger partial charge in [0.2, 0.25) is 0 Å². The van der Waals surface area contributed by atoms with Crippen LogP contribution in [0.15, 0.2) is 24.3 Å². The number of piperidine rings is 1. The molecule has 1 aliphatic rings. The number of non-ortho nitro benzene ring substituents is 1. The van der Waals surface area contributed by atoms with E-state index in [0.29, 0.717) is 5.92 Å². The highest BCUT2D eigenvalue weighted by atomic mass is 35.5. The molecule has 1 heterocycles. The maximum atomic E-state index is 10.5. The van der Waals surface area contributed by atoms with E-state index in [0.717, 1.165) is 25.9 Å². The van der Waals surface area contributed by atoms with Crippen LogP contribution >= 0.6 is 12.4 Å². The number of halogens is 1. The van der Waals surface area contributed by atoms with Gasteiger partial charge in [0.05, 0.1) is 4.92 Å². The summed E-state index contributed by atoms with van der Waals surface area (Å²) < 4.78 is 0. The number of nitrogens with one attached hydrogen (secondary N) is 1. The van der Waals surface area contributed by atoms with Crippen LogP contribution in [0.3, 0.4) is 0 Å². The van der Waals surface area contributed by atoms with E-state index < -0.39 is 0 Å². The minimum Gasteiger partial charge on any atom is -0.317 e. The fourth-order valence-electron chi connectivity index (χ4n) is 2.02. The molecule has 0 saturated carbocycles. The molecule has 1 fully saturated rings. The Balaban J connectivity index is 0.00000128. The molecule has 1 aromatic carbocycles. The molecule has 16 heavy (non-hydrogen) atoms. The molecule has 0 spiro atoms. The second-order valence-electron chi connectivity index (χ2n) is 3.87. The molecule has 1 aromatic rings. The van der Waals surface area contributed by atoms with Crippen molar-refractivity contribution in [2.45, 2.75) is 18.8 Å². The molecule has 1 aliphatic heterocycles. The molecule has 0 aromatic heterocycles. The number of nitrogens with zero attached hydrogens (tertiary/aromatic N) is 1. The summed E-state index contributed by atoms with van der Waals surface area (Å²) in [6, 6.07) is 6.96. The van der Waals surface area contributed by atoms with E-state index in [1.165, 1.54) is 5.56 Å². The van der Waals surface area contributed by atoms with Crippen molar-refractivity contribution >= 4 is 18.1 Å². The molecular weight excluding hydrogens is 228 g/mol. The van der Waals surface area contributed by atoms with Gasteiger partial charge in [-0.2, -0.15) is 0 Å². The van der Waals surface area contributed by atoms with E-state index >= 15 is 0 Å². The first-order valence-corrected chi connectivity index (χ1v) is 5.22. The number of hydrogen-bond acceptors (Lipinski definition) is 3. The van der Waals surface area contributed by atoms with Crippen molar-refractivity contribution in [2.75, 3.05) is 13.1 Å².